The quantitative estimate of drug-likeness (QED) is 0.209. The average Bonchev–Trinajstić information content (AvgIpc) is 3.52. The molecule has 2 atom stereocenters. The minimum absolute atomic E-state index is 0.0622. The molecule has 48 heavy (non-hydrogen) atoms. The highest BCUT2D eigenvalue weighted by molar-refractivity contribution is 5.95. The van der Waals surface area contributed by atoms with Crippen molar-refractivity contribution < 1.29 is 31.1 Å². The van der Waals surface area contributed by atoms with E-state index in [1.165, 1.54) is 16.0 Å². The van der Waals surface area contributed by atoms with Crippen molar-refractivity contribution in [1.29, 1.82) is 0 Å². The summed E-state index contributed by atoms with van der Waals surface area (Å²) in [6.45, 7) is 2.72. The summed E-state index contributed by atoms with van der Waals surface area (Å²) in [5.41, 5.74) is -0.175. The van der Waals surface area contributed by atoms with Gasteiger partial charge in [-0.15, -0.1) is 0 Å². The highest BCUT2D eigenvalue weighted by Gasteiger charge is 2.46. The van der Waals surface area contributed by atoms with Crippen LogP contribution < -0.4 is 0 Å². The Labute approximate surface area is 275 Å². The van der Waals surface area contributed by atoms with Crippen LogP contribution in [0.15, 0.2) is 85.2 Å². The van der Waals surface area contributed by atoms with Crippen molar-refractivity contribution in [2.45, 2.75) is 74.9 Å². The van der Waals surface area contributed by atoms with Crippen LogP contribution in [0.3, 0.4) is 0 Å². The molecular weight excluding hydrogens is 630 g/mol. The van der Waals surface area contributed by atoms with E-state index in [-0.39, 0.29) is 24.1 Å². The van der Waals surface area contributed by atoms with Gasteiger partial charge >= 0.3 is 12.4 Å². The van der Waals surface area contributed by atoms with E-state index in [9.17, 15) is 31.1 Å². The van der Waals surface area contributed by atoms with Gasteiger partial charge in [0, 0.05) is 43.1 Å². The molecule has 3 aliphatic rings. The summed E-state index contributed by atoms with van der Waals surface area (Å²) in [5, 5.41) is 0. The molecule has 0 saturated carbocycles. The van der Waals surface area contributed by atoms with Crippen LogP contribution in [-0.4, -0.2) is 57.0 Å². The number of halogens is 6. The molecule has 2 saturated heterocycles. The lowest BCUT2D eigenvalue weighted by Gasteiger charge is -2.48. The van der Waals surface area contributed by atoms with E-state index in [4.69, 9.17) is 4.98 Å². The number of benzene rings is 3. The first-order valence-corrected chi connectivity index (χ1v) is 16.4. The summed E-state index contributed by atoms with van der Waals surface area (Å²) in [5.74, 6) is 0.277. The van der Waals surface area contributed by atoms with E-state index in [0.29, 0.717) is 31.4 Å². The molecule has 0 aliphatic carbocycles. The van der Waals surface area contributed by atoms with Gasteiger partial charge in [-0.05, 0) is 86.5 Å². The average molecular weight is 667 g/mol. The summed E-state index contributed by atoms with van der Waals surface area (Å²) < 4.78 is 84.2. The van der Waals surface area contributed by atoms with Gasteiger partial charge in [-0.2, -0.15) is 26.3 Å². The van der Waals surface area contributed by atoms with Crippen LogP contribution in [0.25, 0.3) is 0 Å². The summed E-state index contributed by atoms with van der Waals surface area (Å²) in [6, 6.07) is 18.9. The molecular formula is C37H36F6N4O. The minimum atomic E-state index is -5.03. The molecule has 252 valence electrons. The number of piperidine rings is 2. The van der Waals surface area contributed by atoms with Crippen molar-refractivity contribution in [2.75, 3.05) is 19.6 Å². The second-order valence-corrected chi connectivity index (χ2v) is 13.3. The molecule has 3 aliphatic heterocycles. The van der Waals surface area contributed by atoms with Crippen LogP contribution in [0.2, 0.25) is 0 Å². The minimum Gasteiger partial charge on any atom is -0.335 e. The van der Waals surface area contributed by atoms with Gasteiger partial charge in [0.25, 0.3) is 5.91 Å². The monoisotopic (exact) mass is 666 g/mol. The number of aryl methyl sites for hydroxylation is 2. The summed E-state index contributed by atoms with van der Waals surface area (Å²) in [7, 11) is 0. The fourth-order valence-corrected chi connectivity index (χ4v) is 8.19. The third-order valence-corrected chi connectivity index (χ3v) is 10.6. The molecule has 4 heterocycles. The number of imidazole rings is 1. The number of fused-ring (bicyclic) bond motifs is 4. The van der Waals surface area contributed by atoms with Crippen LogP contribution in [0, 0.1) is 0 Å². The Morgan fingerprint density at radius 3 is 2.19 bits per heavy atom. The smallest absolute Gasteiger partial charge is 0.335 e. The van der Waals surface area contributed by atoms with Crippen LogP contribution >= 0.6 is 0 Å². The van der Waals surface area contributed by atoms with Gasteiger partial charge in [-0.3, -0.25) is 4.79 Å². The molecule has 1 spiro atoms. The van der Waals surface area contributed by atoms with Crippen molar-refractivity contribution in [3.63, 3.8) is 0 Å². The largest absolute Gasteiger partial charge is 0.416 e. The molecule has 1 amide bonds. The Kier molecular flexibility index (Phi) is 8.38. The lowest BCUT2D eigenvalue weighted by atomic mass is 9.70. The van der Waals surface area contributed by atoms with E-state index >= 15 is 0 Å². The Bertz CT molecular complexity index is 1740. The Balaban J connectivity index is 1.15. The fraction of sp³-hybridized carbons (Fsp3) is 0.405. The lowest BCUT2D eigenvalue weighted by molar-refractivity contribution is -0.143. The zero-order valence-electron chi connectivity index (χ0n) is 26.3. The number of carbonyl (C=O) groups excluding carboxylic acids is 1. The molecule has 3 aromatic carbocycles. The third-order valence-electron chi connectivity index (χ3n) is 10.6. The Morgan fingerprint density at radius 1 is 0.833 bits per heavy atom. The first kappa shape index (κ1) is 32.4. The maximum atomic E-state index is 13.9. The molecule has 2 fully saturated rings. The van der Waals surface area contributed by atoms with Crippen LogP contribution in [0.4, 0.5) is 26.3 Å². The molecule has 7 rings (SSSR count). The molecule has 5 nitrogen and oxygen atoms in total. The maximum absolute atomic E-state index is 13.9. The summed E-state index contributed by atoms with van der Waals surface area (Å²) in [4.78, 5) is 22.6. The van der Waals surface area contributed by atoms with Gasteiger partial charge in [-0.25, -0.2) is 4.98 Å². The van der Waals surface area contributed by atoms with Crippen LogP contribution in [-0.2, 0) is 37.2 Å². The zero-order chi connectivity index (χ0) is 33.7. The standard InChI is InChI=1S/C37H36F6N4O/c38-36(39,40)28-21-27(22-29(23-28)37(41,42)43)33(48)47-16-11-30(24-31(47)20-25-6-2-1-3-7-25)45-17-12-35(13-18-45)32-9-5-4-8-26(32)10-15-46-19-14-44-34(35)46/h1-9,14,19,21-23,30-31H,10-13,15-18,20,24H2. The fourth-order valence-electron chi connectivity index (χ4n) is 8.19. The number of likely N-dealkylation sites (tertiary alicyclic amines) is 2. The highest BCUT2D eigenvalue weighted by Crippen LogP contribution is 2.45. The predicted molar refractivity (Wildman–Crippen MR) is 168 cm³/mol. The molecule has 11 heteroatoms. The maximum Gasteiger partial charge on any atom is 0.416 e. The first-order valence-electron chi connectivity index (χ1n) is 16.4. The van der Waals surface area contributed by atoms with E-state index in [2.05, 4.69) is 39.9 Å². The van der Waals surface area contributed by atoms with E-state index in [1.54, 1.807) is 0 Å². The normalized spacial score (nSPS) is 21.4. The molecule has 0 N–H and O–H groups in total. The highest BCUT2D eigenvalue weighted by atomic mass is 19.4. The van der Waals surface area contributed by atoms with Crippen molar-refractivity contribution in [3.05, 3.63) is 124 Å². The lowest BCUT2D eigenvalue weighted by Crippen LogP contribution is -2.55. The first-order chi connectivity index (χ1) is 22.9. The second kappa shape index (κ2) is 12.4. The van der Waals surface area contributed by atoms with Gasteiger partial charge in [0.1, 0.15) is 5.82 Å². The van der Waals surface area contributed by atoms with Crippen LogP contribution in [0.5, 0.6) is 0 Å². The van der Waals surface area contributed by atoms with Crippen molar-refractivity contribution in [3.8, 4) is 0 Å². The Hall–Kier alpha value is -4.12. The number of carbonyl (C=O) groups is 1. The number of alkyl halides is 6. The molecule has 0 bridgehead atoms. The molecule has 0 radical (unpaired) electrons. The second-order valence-electron chi connectivity index (χ2n) is 13.3. The number of rotatable bonds is 4. The number of amides is 1. The summed E-state index contributed by atoms with van der Waals surface area (Å²) in [6.07, 6.45) is -1.89. The van der Waals surface area contributed by atoms with Gasteiger partial charge in [-0.1, -0.05) is 54.6 Å². The number of nitrogens with zero attached hydrogens (tertiary/aromatic N) is 4. The van der Waals surface area contributed by atoms with Crippen molar-refractivity contribution in [2.24, 2.45) is 0 Å². The van der Waals surface area contributed by atoms with Crippen molar-refractivity contribution >= 4 is 5.91 Å². The van der Waals surface area contributed by atoms with Gasteiger partial charge in [0.15, 0.2) is 0 Å². The van der Waals surface area contributed by atoms with Gasteiger partial charge in [0.05, 0.1) is 16.5 Å². The van der Waals surface area contributed by atoms with E-state index in [1.807, 2.05) is 36.5 Å². The topological polar surface area (TPSA) is 41.4 Å². The zero-order valence-corrected chi connectivity index (χ0v) is 26.3. The number of hydrogen-bond donors (Lipinski definition) is 0. The number of aromatic nitrogens is 2. The molecule has 2 unspecified atom stereocenters. The molecule has 1 aromatic heterocycles. The SMILES string of the molecule is O=C(c1cc(C(F)(F)F)cc(C(F)(F)F)c1)N1CCC(N2CCC3(CC2)c2ccccc2CCn2ccnc23)CC1Cc1ccccc1. The van der Waals surface area contributed by atoms with Crippen molar-refractivity contribution in [1.82, 2.24) is 19.4 Å². The summed E-state index contributed by atoms with van der Waals surface area (Å²) >= 11 is 0. The van der Waals surface area contributed by atoms with E-state index in [0.717, 1.165) is 50.3 Å². The van der Waals surface area contributed by atoms with Crippen LogP contribution in [0.1, 0.15) is 69.7 Å². The Morgan fingerprint density at radius 2 is 1.50 bits per heavy atom. The van der Waals surface area contributed by atoms with Gasteiger partial charge in [0.2, 0.25) is 0 Å². The van der Waals surface area contributed by atoms with Gasteiger partial charge < -0.3 is 14.4 Å². The molecule has 4 aromatic rings. The number of hydrogen-bond acceptors (Lipinski definition) is 3. The van der Waals surface area contributed by atoms with E-state index < -0.39 is 41.0 Å². The third kappa shape index (κ3) is 6.13. The predicted octanol–water partition coefficient (Wildman–Crippen LogP) is 7.77.